The fraction of sp³-hybridized carbons (Fsp3) is 0.267. The van der Waals surface area contributed by atoms with Gasteiger partial charge in [0.25, 0.3) is 5.91 Å². The summed E-state index contributed by atoms with van der Waals surface area (Å²) in [6.07, 6.45) is 1.53. The molecule has 0 bridgehead atoms. The van der Waals surface area contributed by atoms with E-state index in [-0.39, 0.29) is 11.7 Å². The molecule has 0 aliphatic heterocycles. The molecule has 0 fully saturated rings. The summed E-state index contributed by atoms with van der Waals surface area (Å²) < 4.78 is 15.5. The minimum Gasteiger partial charge on any atom is -0.344 e. The monoisotopic (exact) mass is 301 g/mol. The third-order valence-corrected chi connectivity index (χ3v) is 3.65. The van der Waals surface area contributed by atoms with Gasteiger partial charge in [0.2, 0.25) is 5.95 Å². The molecule has 0 aliphatic carbocycles. The van der Waals surface area contributed by atoms with E-state index in [9.17, 15) is 9.18 Å². The maximum Gasteiger partial charge on any atom is 0.275 e. The third kappa shape index (κ3) is 2.24. The van der Waals surface area contributed by atoms with Crippen LogP contribution >= 0.6 is 0 Å². The number of nitrogens with zero attached hydrogens (tertiary/aromatic N) is 3. The number of aromatic nitrogens is 4. The van der Waals surface area contributed by atoms with Crippen molar-refractivity contribution in [2.24, 2.45) is 0 Å². The second-order valence-corrected chi connectivity index (χ2v) is 5.22. The number of amides is 1. The Labute approximate surface area is 126 Å². The van der Waals surface area contributed by atoms with E-state index in [0.717, 1.165) is 17.0 Å². The molecule has 1 amide bonds. The first kappa shape index (κ1) is 14.2. The Morgan fingerprint density at radius 3 is 2.82 bits per heavy atom. The number of nitrogens with one attached hydrogen (secondary N) is 2. The predicted molar refractivity (Wildman–Crippen MR) is 79.1 cm³/mol. The van der Waals surface area contributed by atoms with Crippen LogP contribution in [-0.4, -0.2) is 25.5 Å². The minimum absolute atomic E-state index is 0.211. The van der Waals surface area contributed by atoms with Gasteiger partial charge in [0.05, 0.1) is 11.7 Å². The van der Waals surface area contributed by atoms with Crippen LogP contribution < -0.4 is 5.32 Å². The maximum atomic E-state index is 14.3. The van der Waals surface area contributed by atoms with Crippen LogP contribution in [0.15, 0.2) is 24.4 Å². The maximum absolute atomic E-state index is 14.3. The van der Waals surface area contributed by atoms with Gasteiger partial charge in [-0.05, 0) is 32.9 Å². The van der Waals surface area contributed by atoms with Gasteiger partial charge in [-0.3, -0.25) is 14.3 Å². The summed E-state index contributed by atoms with van der Waals surface area (Å²) in [6.45, 7) is 5.56. The van der Waals surface area contributed by atoms with Crippen molar-refractivity contribution in [3.63, 3.8) is 0 Å². The Bertz CT molecular complexity index is 831. The lowest BCUT2D eigenvalue weighted by atomic mass is 10.1. The molecule has 3 rings (SSSR count). The van der Waals surface area contributed by atoms with Crippen LogP contribution in [-0.2, 0) is 0 Å². The first-order valence-corrected chi connectivity index (χ1v) is 6.94. The summed E-state index contributed by atoms with van der Waals surface area (Å²) in [5, 5.41) is 9.74. The van der Waals surface area contributed by atoms with Crippen LogP contribution in [0.1, 0.15) is 40.4 Å². The standard InChI is InChI=1S/C15H16FN5O/c1-8(12-9(2)19-20-10(12)3)17-15(22)13-14(16)21-7-5-4-6-11(21)18-13/h4-8H,1-3H3,(H,17,22)(H,19,20)/t8-/m1/s1. The van der Waals surface area contributed by atoms with Gasteiger partial charge in [-0.25, -0.2) is 4.98 Å². The van der Waals surface area contributed by atoms with Gasteiger partial charge in [0.1, 0.15) is 5.65 Å². The number of imidazole rings is 1. The van der Waals surface area contributed by atoms with Crippen LogP contribution in [0, 0.1) is 19.8 Å². The van der Waals surface area contributed by atoms with E-state index < -0.39 is 11.9 Å². The molecule has 114 valence electrons. The normalized spacial score (nSPS) is 12.5. The first-order valence-electron chi connectivity index (χ1n) is 6.94. The molecule has 0 aliphatic rings. The fourth-order valence-corrected chi connectivity index (χ4v) is 2.65. The zero-order chi connectivity index (χ0) is 15.9. The molecule has 2 N–H and O–H groups in total. The van der Waals surface area contributed by atoms with Gasteiger partial charge in [-0.2, -0.15) is 9.49 Å². The predicted octanol–water partition coefficient (Wildman–Crippen LogP) is 2.30. The molecule has 3 heterocycles. The van der Waals surface area contributed by atoms with Crippen molar-refractivity contribution in [3.8, 4) is 0 Å². The van der Waals surface area contributed by atoms with E-state index in [2.05, 4.69) is 20.5 Å². The minimum atomic E-state index is -0.666. The average Bonchev–Trinajstić information content (AvgIpc) is 3.00. The highest BCUT2D eigenvalue weighted by atomic mass is 19.1. The van der Waals surface area contributed by atoms with E-state index >= 15 is 0 Å². The Kier molecular flexibility index (Phi) is 3.40. The largest absolute Gasteiger partial charge is 0.344 e. The van der Waals surface area contributed by atoms with Gasteiger partial charge in [-0.1, -0.05) is 6.07 Å². The number of carbonyl (C=O) groups is 1. The quantitative estimate of drug-likeness (QED) is 0.779. The summed E-state index contributed by atoms with van der Waals surface area (Å²) in [7, 11) is 0. The summed E-state index contributed by atoms with van der Waals surface area (Å²) in [5.41, 5.74) is 2.77. The highest BCUT2D eigenvalue weighted by molar-refractivity contribution is 5.93. The van der Waals surface area contributed by atoms with Gasteiger partial charge in [0, 0.05) is 17.5 Å². The smallest absolute Gasteiger partial charge is 0.275 e. The number of aromatic amines is 1. The van der Waals surface area contributed by atoms with Crippen molar-refractivity contribution in [1.29, 1.82) is 0 Å². The zero-order valence-corrected chi connectivity index (χ0v) is 12.5. The van der Waals surface area contributed by atoms with Crippen molar-refractivity contribution < 1.29 is 9.18 Å². The highest BCUT2D eigenvalue weighted by Gasteiger charge is 2.22. The molecule has 6 nitrogen and oxygen atoms in total. The molecule has 7 heteroatoms. The van der Waals surface area contributed by atoms with Crippen molar-refractivity contribution in [2.45, 2.75) is 26.8 Å². The number of H-pyrrole nitrogens is 1. The number of fused-ring (bicyclic) bond motifs is 1. The number of pyridine rings is 1. The Balaban J connectivity index is 1.89. The van der Waals surface area contributed by atoms with E-state index in [1.165, 1.54) is 10.6 Å². The number of hydrogen-bond acceptors (Lipinski definition) is 3. The lowest BCUT2D eigenvalue weighted by Gasteiger charge is -2.13. The molecule has 3 aromatic heterocycles. The SMILES string of the molecule is Cc1n[nH]c(C)c1[C@@H](C)NC(=O)c1nc2ccccn2c1F. The zero-order valence-electron chi connectivity index (χ0n) is 12.5. The van der Waals surface area contributed by atoms with Gasteiger partial charge in [0.15, 0.2) is 5.69 Å². The molecule has 0 saturated heterocycles. The molecule has 0 spiro atoms. The molecule has 0 aromatic carbocycles. The van der Waals surface area contributed by atoms with Crippen molar-refractivity contribution >= 4 is 11.6 Å². The Morgan fingerprint density at radius 1 is 1.41 bits per heavy atom. The molecule has 0 radical (unpaired) electrons. The number of rotatable bonds is 3. The number of carbonyl (C=O) groups excluding carboxylic acids is 1. The second-order valence-electron chi connectivity index (χ2n) is 5.22. The molecule has 0 saturated carbocycles. The van der Waals surface area contributed by atoms with Gasteiger partial charge >= 0.3 is 0 Å². The van der Waals surface area contributed by atoms with Gasteiger partial charge in [-0.15, -0.1) is 0 Å². The van der Waals surface area contributed by atoms with Gasteiger partial charge < -0.3 is 5.32 Å². The van der Waals surface area contributed by atoms with Crippen LogP contribution in [0.2, 0.25) is 0 Å². The number of aryl methyl sites for hydroxylation is 2. The Hall–Kier alpha value is -2.70. The van der Waals surface area contributed by atoms with Crippen LogP contribution in [0.4, 0.5) is 4.39 Å². The third-order valence-electron chi connectivity index (χ3n) is 3.65. The molecule has 1 atom stereocenters. The van der Waals surface area contributed by atoms with Crippen LogP contribution in [0.3, 0.4) is 0 Å². The Morgan fingerprint density at radius 2 is 2.18 bits per heavy atom. The average molecular weight is 301 g/mol. The first-order chi connectivity index (χ1) is 10.5. The molecular weight excluding hydrogens is 285 g/mol. The fourth-order valence-electron chi connectivity index (χ4n) is 2.65. The van der Waals surface area contributed by atoms with E-state index in [1.54, 1.807) is 18.2 Å². The lowest BCUT2D eigenvalue weighted by molar-refractivity contribution is 0.0930. The number of hydrogen-bond donors (Lipinski definition) is 2. The summed E-state index contributed by atoms with van der Waals surface area (Å²) in [5.74, 6) is -1.21. The molecular formula is C15H16FN5O. The molecule has 22 heavy (non-hydrogen) atoms. The molecule has 3 aromatic rings. The number of halogens is 1. The summed E-state index contributed by atoms with van der Waals surface area (Å²) in [4.78, 5) is 16.3. The second kappa shape index (κ2) is 5.25. The van der Waals surface area contributed by atoms with Crippen LogP contribution in [0.5, 0.6) is 0 Å². The lowest BCUT2D eigenvalue weighted by Crippen LogP contribution is -2.28. The van der Waals surface area contributed by atoms with Crippen LogP contribution in [0.25, 0.3) is 5.65 Å². The van der Waals surface area contributed by atoms with E-state index in [0.29, 0.717) is 5.65 Å². The topological polar surface area (TPSA) is 75.1 Å². The highest BCUT2D eigenvalue weighted by Crippen LogP contribution is 2.20. The summed E-state index contributed by atoms with van der Waals surface area (Å²) >= 11 is 0. The van der Waals surface area contributed by atoms with E-state index in [4.69, 9.17) is 0 Å². The molecule has 0 unspecified atom stereocenters. The van der Waals surface area contributed by atoms with Crippen molar-refractivity contribution in [1.82, 2.24) is 24.9 Å². The van der Waals surface area contributed by atoms with Crippen molar-refractivity contribution in [2.75, 3.05) is 0 Å². The van der Waals surface area contributed by atoms with E-state index in [1.807, 2.05) is 20.8 Å². The summed E-state index contributed by atoms with van der Waals surface area (Å²) in [6, 6.07) is 4.77. The van der Waals surface area contributed by atoms with Crippen molar-refractivity contribution in [3.05, 3.63) is 53.0 Å².